The van der Waals surface area contributed by atoms with Crippen LogP contribution in [0.25, 0.3) is 0 Å². The predicted molar refractivity (Wildman–Crippen MR) is 93.9 cm³/mol. The minimum atomic E-state index is -0.0956. The van der Waals surface area contributed by atoms with E-state index in [1.54, 1.807) is 0 Å². The van der Waals surface area contributed by atoms with Crippen LogP contribution in [-0.4, -0.2) is 36.1 Å². The van der Waals surface area contributed by atoms with Gasteiger partial charge in [-0.25, -0.2) is 0 Å². The minimum Gasteiger partial charge on any atom is -0.371 e. The van der Waals surface area contributed by atoms with Gasteiger partial charge in [-0.2, -0.15) is 0 Å². The smallest absolute Gasteiger partial charge is 0.254 e. The molecular formula is C18H27ClN2O2. The lowest BCUT2D eigenvalue weighted by atomic mass is 9.92. The third-order valence-corrected chi connectivity index (χ3v) is 4.99. The molecule has 2 fully saturated rings. The van der Waals surface area contributed by atoms with Gasteiger partial charge in [0, 0.05) is 18.7 Å². The first-order chi connectivity index (χ1) is 10.7. The molecule has 1 aromatic rings. The van der Waals surface area contributed by atoms with E-state index in [0.717, 1.165) is 30.5 Å². The van der Waals surface area contributed by atoms with Crippen LogP contribution in [0.4, 0.5) is 0 Å². The summed E-state index contributed by atoms with van der Waals surface area (Å²) in [5.41, 5.74) is 7.33. The summed E-state index contributed by atoms with van der Waals surface area (Å²) in [5.74, 6) is 0.121. The lowest BCUT2D eigenvalue weighted by Gasteiger charge is -2.42. The Balaban J connectivity index is 0.00000192. The molecule has 5 heteroatoms. The summed E-state index contributed by atoms with van der Waals surface area (Å²) in [6.07, 6.45) is 7.19. The molecule has 1 aliphatic carbocycles. The zero-order valence-corrected chi connectivity index (χ0v) is 14.4. The van der Waals surface area contributed by atoms with E-state index in [-0.39, 0.29) is 23.9 Å². The maximum atomic E-state index is 12.8. The van der Waals surface area contributed by atoms with E-state index in [1.165, 1.54) is 25.7 Å². The summed E-state index contributed by atoms with van der Waals surface area (Å²) in [4.78, 5) is 14.7. The topological polar surface area (TPSA) is 55.6 Å². The first-order valence-electron chi connectivity index (χ1n) is 8.45. The molecule has 0 unspecified atom stereocenters. The lowest BCUT2D eigenvalue weighted by Crippen LogP contribution is -2.53. The summed E-state index contributed by atoms with van der Waals surface area (Å²) < 4.78 is 6.13. The molecule has 1 aliphatic heterocycles. The van der Waals surface area contributed by atoms with E-state index < -0.39 is 0 Å². The number of benzene rings is 1. The number of halogens is 1. The normalized spacial score (nSPS) is 20.7. The van der Waals surface area contributed by atoms with Crippen LogP contribution in [0, 0.1) is 0 Å². The Morgan fingerprint density at radius 2 is 1.78 bits per heavy atom. The lowest BCUT2D eigenvalue weighted by molar-refractivity contribution is -0.107. The highest BCUT2D eigenvalue weighted by molar-refractivity contribution is 5.94. The van der Waals surface area contributed by atoms with Crippen molar-refractivity contribution >= 4 is 18.3 Å². The monoisotopic (exact) mass is 338 g/mol. The van der Waals surface area contributed by atoms with Crippen LogP contribution in [0.5, 0.6) is 0 Å². The Labute approximate surface area is 144 Å². The van der Waals surface area contributed by atoms with Crippen LogP contribution in [0.15, 0.2) is 24.3 Å². The van der Waals surface area contributed by atoms with Gasteiger partial charge in [0.25, 0.3) is 5.91 Å². The average molecular weight is 339 g/mol. The van der Waals surface area contributed by atoms with Crippen LogP contribution in [0.3, 0.4) is 0 Å². The molecule has 1 aromatic carbocycles. The predicted octanol–water partition coefficient (Wildman–Crippen LogP) is 3.13. The van der Waals surface area contributed by atoms with Crippen molar-refractivity contribution < 1.29 is 9.53 Å². The summed E-state index contributed by atoms with van der Waals surface area (Å²) >= 11 is 0. The molecule has 23 heavy (non-hydrogen) atoms. The van der Waals surface area contributed by atoms with Crippen LogP contribution in [0.1, 0.15) is 54.4 Å². The van der Waals surface area contributed by atoms with Gasteiger partial charge in [0.1, 0.15) is 0 Å². The van der Waals surface area contributed by atoms with E-state index >= 15 is 0 Å². The van der Waals surface area contributed by atoms with Crippen molar-refractivity contribution in [2.75, 3.05) is 19.7 Å². The maximum Gasteiger partial charge on any atom is 0.254 e. The molecule has 2 aliphatic rings. The molecule has 1 heterocycles. The molecule has 2 N–H and O–H groups in total. The second kappa shape index (κ2) is 8.13. The van der Waals surface area contributed by atoms with Crippen molar-refractivity contribution in [3.8, 4) is 0 Å². The zero-order valence-electron chi connectivity index (χ0n) is 13.6. The molecule has 1 saturated carbocycles. The number of carbonyl (C=O) groups excluding carboxylic acids is 1. The molecule has 0 radical (unpaired) electrons. The number of nitrogens with zero attached hydrogens (tertiary/aromatic N) is 1. The molecule has 0 bridgehead atoms. The van der Waals surface area contributed by atoms with Crippen molar-refractivity contribution in [2.24, 2.45) is 5.73 Å². The van der Waals surface area contributed by atoms with Crippen LogP contribution in [-0.2, 0) is 11.3 Å². The average Bonchev–Trinajstić information content (AvgIpc) is 2.80. The van der Waals surface area contributed by atoms with Crippen molar-refractivity contribution in [3.63, 3.8) is 0 Å². The highest BCUT2D eigenvalue weighted by atomic mass is 35.5. The number of hydrogen-bond donors (Lipinski definition) is 1. The summed E-state index contributed by atoms with van der Waals surface area (Å²) in [6.45, 7) is 2.60. The van der Waals surface area contributed by atoms with Crippen molar-refractivity contribution in [1.82, 2.24) is 4.90 Å². The number of amides is 1. The standard InChI is InChI=1S/C18H26N2O2.ClH/c19-13-15-5-7-16(8-6-15)17(21)20-11-12-22-18(14-20)9-3-1-2-4-10-18;/h5-8H,1-4,9-14,19H2;1H. The fourth-order valence-electron chi connectivity index (χ4n) is 3.66. The number of morpholine rings is 1. The van der Waals surface area contributed by atoms with Crippen molar-refractivity contribution in [1.29, 1.82) is 0 Å². The molecule has 1 spiro atoms. The van der Waals surface area contributed by atoms with Crippen molar-refractivity contribution in [3.05, 3.63) is 35.4 Å². The molecule has 0 atom stereocenters. The third kappa shape index (κ3) is 4.25. The number of hydrogen-bond acceptors (Lipinski definition) is 3. The Kier molecular flexibility index (Phi) is 6.45. The van der Waals surface area contributed by atoms with E-state index in [2.05, 4.69) is 0 Å². The fourth-order valence-corrected chi connectivity index (χ4v) is 3.66. The fraction of sp³-hybridized carbons (Fsp3) is 0.611. The quantitative estimate of drug-likeness (QED) is 0.901. The van der Waals surface area contributed by atoms with Crippen LogP contribution in [0.2, 0.25) is 0 Å². The second-order valence-corrected chi connectivity index (χ2v) is 6.57. The second-order valence-electron chi connectivity index (χ2n) is 6.57. The van der Waals surface area contributed by atoms with E-state index in [0.29, 0.717) is 19.7 Å². The molecule has 3 rings (SSSR count). The number of nitrogens with two attached hydrogens (primary N) is 1. The van der Waals surface area contributed by atoms with Gasteiger partial charge in [0.15, 0.2) is 0 Å². The Bertz CT molecular complexity index is 510. The van der Waals surface area contributed by atoms with Gasteiger partial charge in [-0.1, -0.05) is 37.8 Å². The Morgan fingerprint density at radius 1 is 1.13 bits per heavy atom. The van der Waals surface area contributed by atoms with E-state index in [1.807, 2.05) is 29.2 Å². The Morgan fingerprint density at radius 3 is 2.39 bits per heavy atom. The van der Waals surface area contributed by atoms with Gasteiger partial charge in [-0.3, -0.25) is 4.79 Å². The highest BCUT2D eigenvalue weighted by Crippen LogP contribution is 2.33. The van der Waals surface area contributed by atoms with Gasteiger partial charge in [-0.05, 0) is 30.5 Å². The molecule has 4 nitrogen and oxygen atoms in total. The maximum absolute atomic E-state index is 12.8. The van der Waals surface area contributed by atoms with Gasteiger partial charge in [-0.15, -0.1) is 12.4 Å². The van der Waals surface area contributed by atoms with Crippen LogP contribution < -0.4 is 5.73 Å². The summed E-state index contributed by atoms with van der Waals surface area (Å²) in [5, 5.41) is 0. The zero-order chi connectivity index (χ0) is 15.4. The summed E-state index contributed by atoms with van der Waals surface area (Å²) in [6, 6.07) is 7.66. The largest absolute Gasteiger partial charge is 0.371 e. The van der Waals surface area contributed by atoms with Gasteiger partial charge in [0.05, 0.1) is 18.8 Å². The first kappa shape index (κ1) is 18.2. The van der Waals surface area contributed by atoms with Crippen LogP contribution >= 0.6 is 12.4 Å². The van der Waals surface area contributed by atoms with E-state index in [4.69, 9.17) is 10.5 Å². The molecule has 128 valence electrons. The van der Waals surface area contributed by atoms with E-state index in [9.17, 15) is 4.79 Å². The number of rotatable bonds is 2. The first-order valence-corrected chi connectivity index (χ1v) is 8.45. The van der Waals surface area contributed by atoms with Gasteiger partial charge < -0.3 is 15.4 Å². The third-order valence-electron chi connectivity index (χ3n) is 4.99. The molecule has 0 aromatic heterocycles. The van der Waals surface area contributed by atoms with Gasteiger partial charge in [0.2, 0.25) is 0 Å². The van der Waals surface area contributed by atoms with Gasteiger partial charge >= 0.3 is 0 Å². The molecule has 1 amide bonds. The Hall–Kier alpha value is -1.10. The SMILES string of the molecule is Cl.NCc1ccc(C(=O)N2CCOC3(CCCCCC3)C2)cc1. The summed E-state index contributed by atoms with van der Waals surface area (Å²) in [7, 11) is 0. The number of ether oxygens (including phenoxy) is 1. The highest BCUT2D eigenvalue weighted by Gasteiger charge is 2.38. The van der Waals surface area contributed by atoms with Crippen molar-refractivity contribution in [2.45, 2.75) is 50.7 Å². The molecule has 1 saturated heterocycles. The minimum absolute atomic E-state index is 0. The number of carbonyl (C=O) groups is 1. The molecular weight excluding hydrogens is 312 g/mol.